The van der Waals surface area contributed by atoms with Crippen LogP contribution >= 0.6 is 11.8 Å². The standard InChI is InChI=1S/C18H20N2O2S/c1-13-8-9-16(10-14(13)2)19-18(22)20-17(21)12-23-11-15-6-4-3-5-7-15/h3-10H,11-12H2,1-2H3,(H2,19,20,21,22). The number of hydrogen-bond acceptors (Lipinski definition) is 3. The number of benzene rings is 2. The van der Waals surface area contributed by atoms with Crippen molar-refractivity contribution in [3.8, 4) is 0 Å². The molecule has 0 aliphatic rings. The van der Waals surface area contributed by atoms with Crippen molar-refractivity contribution in [3.63, 3.8) is 0 Å². The minimum absolute atomic E-state index is 0.245. The molecule has 0 bridgehead atoms. The van der Waals surface area contributed by atoms with Crippen LogP contribution in [0, 0.1) is 13.8 Å². The van der Waals surface area contributed by atoms with Gasteiger partial charge in [-0.1, -0.05) is 36.4 Å². The Morgan fingerprint density at radius 1 is 1.00 bits per heavy atom. The third kappa shape index (κ3) is 5.79. The number of hydrogen-bond donors (Lipinski definition) is 2. The van der Waals surface area contributed by atoms with Crippen molar-refractivity contribution >= 4 is 29.4 Å². The Labute approximate surface area is 140 Å². The van der Waals surface area contributed by atoms with E-state index in [-0.39, 0.29) is 11.7 Å². The van der Waals surface area contributed by atoms with Gasteiger partial charge in [0.05, 0.1) is 5.75 Å². The number of carbonyl (C=O) groups excluding carboxylic acids is 2. The second-order valence-electron chi connectivity index (χ2n) is 5.28. The smallest absolute Gasteiger partial charge is 0.308 e. The number of carbonyl (C=O) groups is 2. The van der Waals surface area contributed by atoms with Crippen molar-refractivity contribution < 1.29 is 9.59 Å². The maximum atomic E-state index is 11.8. The molecule has 0 aromatic heterocycles. The number of urea groups is 1. The number of nitrogens with one attached hydrogen (secondary N) is 2. The molecule has 2 aromatic carbocycles. The zero-order valence-electron chi connectivity index (χ0n) is 13.3. The fraction of sp³-hybridized carbons (Fsp3) is 0.222. The Morgan fingerprint density at radius 3 is 2.43 bits per heavy atom. The van der Waals surface area contributed by atoms with Gasteiger partial charge in [0, 0.05) is 11.4 Å². The number of thioether (sulfide) groups is 1. The molecular weight excluding hydrogens is 308 g/mol. The van der Waals surface area contributed by atoms with E-state index in [1.54, 1.807) is 0 Å². The lowest BCUT2D eigenvalue weighted by Crippen LogP contribution is -2.35. The van der Waals surface area contributed by atoms with Crippen molar-refractivity contribution in [2.75, 3.05) is 11.1 Å². The molecule has 0 aliphatic carbocycles. The maximum Gasteiger partial charge on any atom is 0.325 e. The van der Waals surface area contributed by atoms with Crippen LogP contribution in [-0.4, -0.2) is 17.7 Å². The SMILES string of the molecule is Cc1ccc(NC(=O)NC(=O)CSCc2ccccc2)cc1C. The van der Waals surface area contributed by atoms with E-state index in [0.29, 0.717) is 5.69 Å². The molecule has 0 fully saturated rings. The molecule has 23 heavy (non-hydrogen) atoms. The van der Waals surface area contributed by atoms with Gasteiger partial charge in [0.2, 0.25) is 5.91 Å². The van der Waals surface area contributed by atoms with Gasteiger partial charge in [-0.15, -0.1) is 11.8 Å². The van der Waals surface area contributed by atoms with Crippen LogP contribution in [0.3, 0.4) is 0 Å². The molecule has 0 unspecified atom stereocenters. The lowest BCUT2D eigenvalue weighted by atomic mass is 10.1. The van der Waals surface area contributed by atoms with Gasteiger partial charge in [0.15, 0.2) is 0 Å². The van der Waals surface area contributed by atoms with Crippen molar-refractivity contribution in [3.05, 3.63) is 65.2 Å². The molecule has 4 nitrogen and oxygen atoms in total. The summed E-state index contributed by atoms with van der Waals surface area (Å²) in [6, 6.07) is 15.0. The molecular formula is C18H20N2O2S. The fourth-order valence-corrected chi connectivity index (χ4v) is 2.77. The van der Waals surface area contributed by atoms with Crippen LogP contribution in [0.2, 0.25) is 0 Å². The molecule has 2 N–H and O–H groups in total. The number of imide groups is 1. The van der Waals surface area contributed by atoms with Crippen LogP contribution < -0.4 is 10.6 Å². The van der Waals surface area contributed by atoms with E-state index < -0.39 is 6.03 Å². The predicted molar refractivity (Wildman–Crippen MR) is 95.7 cm³/mol. The lowest BCUT2D eigenvalue weighted by molar-refractivity contribution is -0.117. The van der Waals surface area contributed by atoms with Gasteiger partial charge in [0.1, 0.15) is 0 Å². The van der Waals surface area contributed by atoms with Crippen LogP contribution in [-0.2, 0) is 10.5 Å². The van der Waals surface area contributed by atoms with Gasteiger partial charge in [-0.25, -0.2) is 4.79 Å². The maximum absolute atomic E-state index is 11.8. The Balaban J connectivity index is 1.74. The molecule has 0 heterocycles. The third-order valence-electron chi connectivity index (χ3n) is 3.36. The highest BCUT2D eigenvalue weighted by Gasteiger charge is 2.08. The van der Waals surface area contributed by atoms with Crippen molar-refractivity contribution in [2.24, 2.45) is 0 Å². The van der Waals surface area contributed by atoms with Gasteiger partial charge in [-0.3, -0.25) is 10.1 Å². The Morgan fingerprint density at radius 2 is 1.74 bits per heavy atom. The third-order valence-corrected chi connectivity index (χ3v) is 4.37. The Bertz CT molecular complexity index is 687. The normalized spacial score (nSPS) is 10.2. The van der Waals surface area contributed by atoms with Crippen LogP contribution in [0.15, 0.2) is 48.5 Å². The summed E-state index contributed by atoms with van der Waals surface area (Å²) in [6.45, 7) is 3.98. The summed E-state index contributed by atoms with van der Waals surface area (Å²) in [7, 11) is 0. The molecule has 2 rings (SSSR count). The van der Waals surface area contributed by atoms with Gasteiger partial charge < -0.3 is 5.32 Å². The minimum atomic E-state index is -0.501. The summed E-state index contributed by atoms with van der Waals surface area (Å²) < 4.78 is 0. The summed E-state index contributed by atoms with van der Waals surface area (Å²) >= 11 is 1.48. The molecule has 0 saturated carbocycles. The highest BCUT2D eigenvalue weighted by molar-refractivity contribution is 7.99. The Hall–Kier alpha value is -2.27. The average molecular weight is 328 g/mol. The van der Waals surface area contributed by atoms with Gasteiger partial charge in [-0.2, -0.15) is 0 Å². The minimum Gasteiger partial charge on any atom is -0.308 e. The first-order valence-corrected chi connectivity index (χ1v) is 8.50. The van der Waals surface area contributed by atoms with E-state index in [1.807, 2.05) is 62.4 Å². The molecule has 3 amide bonds. The quantitative estimate of drug-likeness (QED) is 0.875. The summed E-state index contributed by atoms with van der Waals surface area (Å²) in [4.78, 5) is 23.6. The summed E-state index contributed by atoms with van der Waals surface area (Å²) in [5.74, 6) is 0.690. The van der Waals surface area contributed by atoms with Crippen LogP contribution in [0.25, 0.3) is 0 Å². The lowest BCUT2D eigenvalue weighted by Gasteiger charge is -2.08. The number of aryl methyl sites for hydroxylation is 2. The van der Waals surface area contributed by atoms with Gasteiger partial charge in [0.25, 0.3) is 0 Å². The van der Waals surface area contributed by atoms with Crippen molar-refractivity contribution in [1.29, 1.82) is 0 Å². The molecule has 0 spiro atoms. The second kappa shape index (κ2) is 8.39. The average Bonchev–Trinajstić information content (AvgIpc) is 2.52. The van der Waals surface area contributed by atoms with Crippen LogP contribution in [0.1, 0.15) is 16.7 Å². The van der Waals surface area contributed by atoms with Gasteiger partial charge in [-0.05, 0) is 42.7 Å². The molecule has 2 aromatic rings. The van der Waals surface area contributed by atoms with Crippen LogP contribution in [0.5, 0.6) is 0 Å². The number of amides is 3. The molecule has 0 radical (unpaired) electrons. The molecule has 0 atom stereocenters. The van der Waals surface area contributed by atoms with E-state index in [1.165, 1.54) is 11.8 Å². The van der Waals surface area contributed by atoms with Crippen molar-refractivity contribution in [2.45, 2.75) is 19.6 Å². The molecule has 120 valence electrons. The number of anilines is 1. The summed E-state index contributed by atoms with van der Waals surface area (Å²) in [5.41, 5.74) is 4.08. The molecule has 0 saturated heterocycles. The first-order chi connectivity index (χ1) is 11.0. The largest absolute Gasteiger partial charge is 0.325 e. The Kier molecular flexibility index (Phi) is 6.23. The van der Waals surface area contributed by atoms with E-state index in [2.05, 4.69) is 10.6 Å². The fourth-order valence-electron chi connectivity index (χ4n) is 1.98. The predicted octanol–water partition coefficient (Wildman–Crippen LogP) is 3.88. The van der Waals surface area contributed by atoms with Crippen LogP contribution in [0.4, 0.5) is 10.5 Å². The molecule has 5 heteroatoms. The summed E-state index contributed by atoms with van der Waals surface area (Å²) in [6.07, 6.45) is 0. The highest BCUT2D eigenvalue weighted by atomic mass is 32.2. The first-order valence-electron chi connectivity index (χ1n) is 7.34. The highest BCUT2D eigenvalue weighted by Crippen LogP contribution is 2.14. The first kappa shape index (κ1) is 17.1. The van der Waals surface area contributed by atoms with Gasteiger partial charge >= 0.3 is 6.03 Å². The van der Waals surface area contributed by atoms with E-state index in [4.69, 9.17) is 0 Å². The number of rotatable bonds is 5. The van der Waals surface area contributed by atoms with E-state index in [0.717, 1.165) is 22.4 Å². The van der Waals surface area contributed by atoms with E-state index in [9.17, 15) is 9.59 Å². The van der Waals surface area contributed by atoms with Crippen molar-refractivity contribution in [1.82, 2.24) is 5.32 Å². The second-order valence-corrected chi connectivity index (χ2v) is 6.27. The summed E-state index contributed by atoms with van der Waals surface area (Å²) in [5, 5.41) is 5.01. The topological polar surface area (TPSA) is 58.2 Å². The zero-order valence-corrected chi connectivity index (χ0v) is 14.1. The zero-order chi connectivity index (χ0) is 16.7. The molecule has 0 aliphatic heterocycles. The monoisotopic (exact) mass is 328 g/mol. The van der Waals surface area contributed by atoms with E-state index >= 15 is 0 Å².